The molecule has 0 radical (unpaired) electrons. The Balaban J connectivity index is 1.65. The molecule has 4 heteroatoms. The summed E-state index contributed by atoms with van der Waals surface area (Å²) in [6.45, 7) is 1.94. The van der Waals surface area contributed by atoms with Crippen molar-refractivity contribution in [2.24, 2.45) is 0 Å². The third-order valence-corrected chi connectivity index (χ3v) is 4.34. The van der Waals surface area contributed by atoms with Crippen LogP contribution in [0.1, 0.15) is 48.6 Å². The van der Waals surface area contributed by atoms with Crippen LogP contribution in [-0.2, 0) is 13.1 Å². The van der Waals surface area contributed by atoms with Crippen molar-refractivity contribution in [1.82, 2.24) is 20.5 Å². The van der Waals surface area contributed by atoms with E-state index in [4.69, 9.17) is 4.98 Å². The summed E-state index contributed by atoms with van der Waals surface area (Å²) in [5.41, 5.74) is 3.91. The molecule has 1 saturated carbocycles. The number of aromatic nitrogens is 3. The molecule has 1 aromatic carbocycles. The molecule has 2 N–H and O–H groups in total. The summed E-state index contributed by atoms with van der Waals surface area (Å²) in [4.78, 5) is 4.70. The molecule has 0 bridgehead atoms. The predicted molar refractivity (Wildman–Crippen MR) is 73.6 cm³/mol. The van der Waals surface area contributed by atoms with Gasteiger partial charge in [-0.3, -0.25) is 5.10 Å². The number of fused-ring (bicyclic) bond motifs is 1. The molecular formula is C15H18N4. The quantitative estimate of drug-likeness (QED) is 0.866. The third-order valence-electron chi connectivity index (χ3n) is 4.34. The number of H-pyrrole nitrogens is 1. The van der Waals surface area contributed by atoms with E-state index in [1.54, 1.807) is 0 Å². The number of hydrogen-bond donors (Lipinski definition) is 2. The van der Waals surface area contributed by atoms with E-state index >= 15 is 0 Å². The van der Waals surface area contributed by atoms with Gasteiger partial charge >= 0.3 is 0 Å². The van der Waals surface area contributed by atoms with Crippen molar-refractivity contribution in [2.45, 2.75) is 44.7 Å². The monoisotopic (exact) mass is 254 g/mol. The normalized spacial score (nSPS) is 18.9. The van der Waals surface area contributed by atoms with E-state index in [1.807, 2.05) is 0 Å². The number of hydrogen-bond acceptors (Lipinski definition) is 3. The first-order chi connectivity index (χ1) is 9.40. The zero-order chi connectivity index (χ0) is 12.7. The first-order valence-electron chi connectivity index (χ1n) is 7.15. The number of benzene rings is 1. The Morgan fingerprint density at radius 1 is 1.05 bits per heavy atom. The van der Waals surface area contributed by atoms with Gasteiger partial charge in [0.2, 0.25) is 0 Å². The zero-order valence-electron chi connectivity index (χ0n) is 10.9. The van der Waals surface area contributed by atoms with Crippen molar-refractivity contribution in [3.8, 4) is 11.4 Å². The lowest BCUT2D eigenvalue weighted by atomic mass is 10.1. The molecule has 0 atom stereocenters. The predicted octanol–water partition coefficient (Wildman–Crippen LogP) is 2.73. The van der Waals surface area contributed by atoms with Crippen LogP contribution >= 0.6 is 0 Å². The summed E-state index contributed by atoms with van der Waals surface area (Å²) >= 11 is 0. The van der Waals surface area contributed by atoms with Gasteiger partial charge in [-0.2, -0.15) is 5.10 Å². The summed E-state index contributed by atoms with van der Waals surface area (Å²) in [6, 6.07) is 6.54. The van der Waals surface area contributed by atoms with Crippen molar-refractivity contribution in [3.05, 3.63) is 35.2 Å². The third kappa shape index (κ3) is 1.96. The van der Waals surface area contributed by atoms with E-state index in [2.05, 4.69) is 33.7 Å². The highest BCUT2D eigenvalue weighted by Gasteiger charge is 2.21. The van der Waals surface area contributed by atoms with E-state index in [1.165, 1.54) is 36.8 Å². The molecule has 1 aliphatic carbocycles. The smallest absolute Gasteiger partial charge is 0.181 e. The average molecular weight is 254 g/mol. The molecule has 2 heterocycles. The fourth-order valence-electron chi connectivity index (χ4n) is 3.22. The van der Waals surface area contributed by atoms with Gasteiger partial charge in [-0.25, -0.2) is 4.98 Å². The number of aromatic amines is 1. The Morgan fingerprint density at radius 3 is 2.79 bits per heavy atom. The Kier molecular flexibility index (Phi) is 2.62. The molecule has 0 amide bonds. The molecule has 4 nitrogen and oxygen atoms in total. The standard InChI is InChI=1S/C15H18N4/c1-2-4-10(3-1)14-17-15(19-18-14)11-5-6-12-8-16-9-13(12)7-11/h5-7,10,16H,1-4,8-9H2,(H,17,18,19). The Labute approximate surface area is 112 Å². The molecule has 1 aliphatic heterocycles. The maximum absolute atomic E-state index is 4.70. The maximum atomic E-state index is 4.70. The maximum Gasteiger partial charge on any atom is 0.181 e. The van der Waals surface area contributed by atoms with Crippen molar-refractivity contribution >= 4 is 0 Å². The first kappa shape index (κ1) is 11.2. The van der Waals surface area contributed by atoms with Gasteiger partial charge in [-0.1, -0.05) is 25.0 Å². The average Bonchev–Trinajstić information content (AvgIpc) is 3.18. The van der Waals surface area contributed by atoms with Gasteiger partial charge in [0.1, 0.15) is 5.82 Å². The minimum Gasteiger partial charge on any atom is -0.309 e. The summed E-state index contributed by atoms with van der Waals surface area (Å²) in [6.07, 6.45) is 5.15. The molecular weight excluding hydrogens is 236 g/mol. The van der Waals surface area contributed by atoms with E-state index in [0.29, 0.717) is 5.92 Å². The van der Waals surface area contributed by atoms with Crippen LogP contribution in [0.5, 0.6) is 0 Å². The van der Waals surface area contributed by atoms with Crippen molar-refractivity contribution < 1.29 is 0 Å². The Bertz CT molecular complexity index is 596. The lowest BCUT2D eigenvalue weighted by Gasteiger charge is -2.02. The van der Waals surface area contributed by atoms with Crippen LogP contribution in [-0.4, -0.2) is 15.2 Å². The molecule has 2 aliphatic rings. The lowest BCUT2D eigenvalue weighted by Crippen LogP contribution is -1.99. The first-order valence-corrected chi connectivity index (χ1v) is 7.15. The highest BCUT2D eigenvalue weighted by Crippen LogP contribution is 2.33. The summed E-state index contributed by atoms with van der Waals surface area (Å²) in [7, 11) is 0. The van der Waals surface area contributed by atoms with Gasteiger partial charge in [0.25, 0.3) is 0 Å². The van der Waals surface area contributed by atoms with Crippen LogP contribution < -0.4 is 5.32 Å². The van der Waals surface area contributed by atoms with Crippen LogP contribution in [0.3, 0.4) is 0 Å². The van der Waals surface area contributed by atoms with Crippen molar-refractivity contribution in [1.29, 1.82) is 0 Å². The molecule has 2 aromatic rings. The van der Waals surface area contributed by atoms with Gasteiger partial charge in [0, 0.05) is 24.6 Å². The lowest BCUT2D eigenvalue weighted by molar-refractivity contribution is 0.672. The van der Waals surface area contributed by atoms with Crippen LogP contribution in [0.15, 0.2) is 18.2 Å². The van der Waals surface area contributed by atoms with Crippen LogP contribution in [0.4, 0.5) is 0 Å². The van der Waals surface area contributed by atoms with Gasteiger partial charge in [0.15, 0.2) is 5.82 Å². The summed E-state index contributed by atoms with van der Waals surface area (Å²) < 4.78 is 0. The Hall–Kier alpha value is -1.68. The van der Waals surface area contributed by atoms with Gasteiger partial charge in [0.05, 0.1) is 0 Å². The summed E-state index contributed by atoms with van der Waals surface area (Å²) in [5, 5.41) is 10.9. The number of nitrogens with one attached hydrogen (secondary N) is 2. The molecule has 0 unspecified atom stereocenters. The van der Waals surface area contributed by atoms with E-state index in [9.17, 15) is 0 Å². The second-order valence-corrected chi connectivity index (χ2v) is 5.61. The topological polar surface area (TPSA) is 53.6 Å². The molecule has 4 rings (SSSR count). The largest absolute Gasteiger partial charge is 0.309 e. The number of nitrogens with zero attached hydrogens (tertiary/aromatic N) is 2. The minimum absolute atomic E-state index is 0.595. The fraction of sp³-hybridized carbons (Fsp3) is 0.467. The zero-order valence-corrected chi connectivity index (χ0v) is 10.9. The van der Waals surface area contributed by atoms with Crippen LogP contribution in [0, 0.1) is 0 Å². The van der Waals surface area contributed by atoms with Gasteiger partial charge in [-0.15, -0.1) is 0 Å². The molecule has 0 saturated heterocycles. The van der Waals surface area contributed by atoms with E-state index in [-0.39, 0.29) is 0 Å². The van der Waals surface area contributed by atoms with Crippen LogP contribution in [0.2, 0.25) is 0 Å². The highest BCUT2D eigenvalue weighted by atomic mass is 15.2. The fourth-order valence-corrected chi connectivity index (χ4v) is 3.22. The highest BCUT2D eigenvalue weighted by molar-refractivity contribution is 5.57. The molecule has 1 fully saturated rings. The van der Waals surface area contributed by atoms with Crippen LogP contribution in [0.25, 0.3) is 11.4 Å². The Morgan fingerprint density at radius 2 is 1.89 bits per heavy atom. The molecule has 98 valence electrons. The van der Waals surface area contributed by atoms with Gasteiger partial charge in [-0.05, 0) is 30.0 Å². The summed E-state index contributed by atoms with van der Waals surface area (Å²) in [5.74, 6) is 2.51. The molecule has 1 aromatic heterocycles. The second-order valence-electron chi connectivity index (χ2n) is 5.61. The van der Waals surface area contributed by atoms with E-state index in [0.717, 1.165) is 30.3 Å². The molecule has 19 heavy (non-hydrogen) atoms. The van der Waals surface area contributed by atoms with Gasteiger partial charge < -0.3 is 5.32 Å². The van der Waals surface area contributed by atoms with Crippen molar-refractivity contribution in [3.63, 3.8) is 0 Å². The minimum atomic E-state index is 0.595. The van der Waals surface area contributed by atoms with Crippen molar-refractivity contribution in [2.75, 3.05) is 0 Å². The second kappa shape index (κ2) is 4.46. The number of rotatable bonds is 2. The SMILES string of the molecule is c1cc2c(cc1-c1n[nH]c(C3CCCC3)n1)CNC2. The molecule has 0 spiro atoms. The van der Waals surface area contributed by atoms with E-state index < -0.39 is 0 Å².